The number of hydrogen-bond acceptors (Lipinski definition) is 3. The Morgan fingerprint density at radius 3 is 2.55 bits per heavy atom. The van der Waals surface area contributed by atoms with E-state index in [4.69, 9.17) is 4.74 Å². The molecule has 0 unspecified atom stereocenters. The van der Waals surface area contributed by atoms with Crippen LogP contribution in [0, 0.1) is 0 Å². The summed E-state index contributed by atoms with van der Waals surface area (Å²) in [5.74, 6) is 1.33. The number of aromatic nitrogens is 2. The molecule has 0 spiro atoms. The number of fused-ring (bicyclic) bond motifs is 1. The molecule has 4 rings (SSSR count). The zero-order chi connectivity index (χ0) is 20.1. The summed E-state index contributed by atoms with van der Waals surface area (Å²) in [6.45, 7) is 2.81. The maximum atomic E-state index is 12.8. The van der Waals surface area contributed by atoms with Gasteiger partial charge in [-0.15, -0.1) is 0 Å². The van der Waals surface area contributed by atoms with E-state index >= 15 is 0 Å². The second-order valence-corrected chi connectivity index (χ2v) is 6.83. The minimum absolute atomic E-state index is 0.173. The molecule has 0 saturated heterocycles. The highest BCUT2D eigenvalue weighted by Gasteiger charge is 2.13. The molecule has 0 bridgehead atoms. The highest BCUT2D eigenvalue weighted by atomic mass is 16.5. The molecule has 0 saturated carbocycles. The second kappa shape index (κ2) is 8.61. The maximum absolute atomic E-state index is 12.8. The molecule has 0 fully saturated rings. The Morgan fingerprint density at radius 2 is 1.76 bits per heavy atom. The molecule has 0 aliphatic rings. The number of H-pyrrole nitrogens is 1. The average Bonchev–Trinajstić information content (AvgIpc) is 3.19. The molecule has 1 heterocycles. The Balaban J connectivity index is 1.53. The van der Waals surface area contributed by atoms with E-state index in [2.05, 4.69) is 22.2 Å². The van der Waals surface area contributed by atoms with Gasteiger partial charge in [-0.3, -0.25) is 4.79 Å². The number of rotatable bonds is 7. The van der Waals surface area contributed by atoms with Gasteiger partial charge in [0.25, 0.3) is 5.91 Å². The molecule has 4 aromatic rings. The highest BCUT2D eigenvalue weighted by molar-refractivity contribution is 6.06. The fourth-order valence-corrected chi connectivity index (χ4v) is 3.11. The number of carbonyl (C=O) groups excluding carboxylic acids is 1. The van der Waals surface area contributed by atoms with Gasteiger partial charge in [-0.1, -0.05) is 37.6 Å². The summed E-state index contributed by atoms with van der Waals surface area (Å²) in [5.41, 5.74) is 3.98. The van der Waals surface area contributed by atoms with E-state index in [1.165, 1.54) is 0 Å². The smallest absolute Gasteiger partial charge is 0.255 e. The summed E-state index contributed by atoms with van der Waals surface area (Å²) in [4.78, 5) is 20.7. The van der Waals surface area contributed by atoms with Crippen molar-refractivity contribution in [1.29, 1.82) is 0 Å². The van der Waals surface area contributed by atoms with E-state index < -0.39 is 0 Å². The Hall–Kier alpha value is -3.60. The van der Waals surface area contributed by atoms with Crippen LogP contribution in [0.5, 0.6) is 5.75 Å². The predicted octanol–water partition coefficient (Wildman–Crippen LogP) is 5.66. The first-order chi connectivity index (χ1) is 14.2. The fourth-order valence-electron chi connectivity index (χ4n) is 3.11. The Morgan fingerprint density at radius 1 is 1.00 bits per heavy atom. The van der Waals surface area contributed by atoms with E-state index in [0.29, 0.717) is 17.9 Å². The Kier molecular flexibility index (Phi) is 5.56. The first kappa shape index (κ1) is 18.7. The molecule has 0 aliphatic heterocycles. The van der Waals surface area contributed by atoms with Crippen molar-refractivity contribution in [3.8, 4) is 17.1 Å². The third-order valence-electron chi connectivity index (χ3n) is 4.70. The number of aromatic amines is 1. The number of nitrogens with one attached hydrogen (secondary N) is 2. The molecule has 0 aliphatic carbocycles. The molecule has 5 nitrogen and oxygen atoms in total. The lowest BCUT2D eigenvalue weighted by Gasteiger charge is -2.10. The van der Waals surface area contributed by atoms with Crippen molar-refractivity contribution in [2.75, 3.05) is 11.9 Å². The summed E-state index contributed by atoms with van der Waals surface area (Å²) in [6.07, 6.45) is 2.10. The van der Waals surface area contributed by atoms with Gasteiger partial charge in [0, 0.05) is 11.1 Å². The molecule has 2 N–H and O–H groups in total. The second-order valence-electron chi connectivity index (χ2n) is 6.83. The van der Waals surface area contributed by atoms with Crippen LogP contribution in [0.3, 0.4) is 0 Å². The monoisotopic (exact) mass is 385 g/mol. The van der Waals surface area contributed by atoms with Crippen molar-refractivity contribution in [1.82, 2.24) is 9.97 Å². The standard InChI is InChI=1S/C24H23N3O2/c1-2-3-16-29-18-14-12-17(13-15-18)24(28)27-20-9-5-4-8-19(20)23-25-21-10-6-7-11-22(21)26-23/h4-15H,2-3,16H2,1H3,(H,25,26)(H,27,28). The predicted molar refractivity (Wildman–Crippen MR) is 116 cm³/mol. The molecular weight excluding hydrogens is 362 g/mol. The van der Waals surface area contributed by atoms with Gasteiger partial charge in [0.15, 0.2) is 0 Å². The zero-order valence-corrected chi connectivity index (χ0v) is 16.3. The first-order valence-corrected chi connectivity index (χ1v) is 9.83. The number of benzene rings is 3. The molecule has 0 radical (unpaired) electrons. The molecule has 146 valence electrons. The van der Waals surface area contributed by atoms with Gasteiger partial charge in [0.1, 0.15) is 11.6 Å². The number of unbranched alkanes of at least 4 members (excludes halogenated alkanes) is 1. The van der Waals surface area contributed by atoms with Gasteiger partial charge in [-0.2, -0.15) is 0 Å². The van der Waals surface area contributed by atoms with Crippen molar-refractivity contribution in [2.24, 2.45) is 0 Å². The largest absolute Gasteiger partial charge is 0.494 e. The molecule has 0 atom stereocenters. The van der Waals surface area contributed by atoms with E-state index in [9.17, 15) is 4.79 Å². The van der Waals surface area contributed by atoms with Crippen LogP contribution >= 0.6 is 0 Å². The van der Waals surface area contributed by atoms with E-state index in [1.807, 2.05) is 60.7 Å². The lowest BCUT2D eigenvalue weighted by molar-refractivity contribution is 0.102. The van der Waals surface area contributed by atoms with Gasteiger partial charge in [0.2, 0.25) is 0 Å². The third kappa shape index (κ3) is 4.29. The lowest BCUT2D eigenvalue weighted by Crippen LogP contribution is -2.12. The van der Waals surface area contributed by atoms with Crippen LogP contribution in [0.1, 0.15) is 30.1 Å². The number of anilines is 1. The van der Waals surface area contributed by atoms with Gasteiger partial charge in [0.05, 0.1) is 23.3 Å². The number of carbonyl (C=O) groups is 1. The summed E-state index contributed by atoms with van der Waals surface area (Å²) in [7, 11) is 0. The van der Waals surface area contributed by atoms with Gasteiger partial charge in [-0.05, 0) is 55.0 Å². The summed E-state index contributed by atoms with van der Waals surface area (Å²) in [5, 5.41) is 3.00. The van der Waals surface area contributed by atoms with Crippen molar-refractivity contribution in [3.05, 3.63) is 78.4 Å². The molecule has 1 amide bonds. The third-order valence-corrected chi connectivity index (χ3v) is 4.70. The van der Waals surface area contributed by atoms with Crippen LogP contribution in [0.4, 0.5) is 5.69 Å². The van der Waals surface area contributed by atoms with Crippen LogP contribution in [0.2, 0.25) is 0 Å². The van der Waals surface area contributed by atoms with E-state index in [-0.39, 0.29) is 5.91 Å². The minimum atomic E-state index is -0.173. The van der Waals surface area contributed by atoms with Crippen molar-refractivity contribution < 1.29 is 9.53 Å². The molecule has 29 heavy (non-hydrogen) atoms. The SMILES string of the molecule is CCCCOc1ccc(C(=O)Nc2ccccc2-c2nc3ccccc3[nH]2)cc1. The molecule has 5 heteroatoms. The minimum Gasteiger partial charge on any atom is -0.494 e. The van der Waals surface area contributed by atoms with Gasteiger partial charge in [-0.25, -0.2) is 4.98 Å². The number of amides is 1. The number of nitrogens with zero attached hydrogens (tertiary/aromatic N) is 1. The Bertz CT molecular complexity index is 1080. The number of ether oxygens (including phenoxy) is 1. The van der Waals surface area contributed by atoms with Gasteiger partial charge < -0.3 is 15.0 Å². The average molecular weight is 385 g/mol. The maximum Gasteiger partial charge on any atom is 0.255 e. The normalized spacial score (nSPS) is 10.8. The van der Waals surface area contributed by atoms with E-state index in [1.54, 1.807) is 12.1 Å². The van der Waals surface area contributed by atoms with Crippen LogP contribution in [-0.2, 0) is 0 Å². The van der Waals surface area contributed by atoms with Crippen LogP contribution in [0.15, 0.2) is 72.8 Å². The molecule has 3 aromatic carbocycles. The van der Waals surface area contributed by atoms with Crippen molar-refractivity contribution in [3.63, 3.8) is 0 Å². The number of imidazole rings is 1. The summed E-state index contributed by atoms with van der Waals surface area (Å²) >= 11 is 0. The van der Waals surface area contributed by atoms with Gasteiger partial charge >= 0.3 is 0 Å². The lowest BCUT2D eigenvalue weighted by atomic mass is 10.1. The van der Waals surface area contributed by atoms with Crippen LogP contribution < -0.4 is 10.1 Å². The number of para-hydroxylation sites is 3. The quantitative estimate of drug-likeness (QED) is 0.403. The van der Waals surface area contributed by atoms with Crippen LogP contribution in [-0.4, -0.2) is 22.5 Å². The topological polar surface area (TPSA) is 67.0 Å². The van der Waals surface area contributed by atoms with Crippen molar-refractivity contribution >= 4 is 22.6 Å². The van der Waals surface area contributed by atoms with Crippen LogP contribution in [0.25, 0.3) is 22.4 Å². The number of hydrogen-bond donors (Lipinski definition) is 2. The Labute approximate surface area is 169 Å². The van der Waals surface area contributed by atoms with E-state index in [0.717, 1.165) is 41.0 Å². The fraction of sp³-hybridized carbons (Fsp3) is 0.167. The zero-order valence-electron chi connectivity index (χ0n) is 16.3. The summed E-state index contributed by atoms with van der Waals surface area (Å²) < 4.78 is 5.66. The van der Waals surface area contributed by atoms with Crippen molar-refractivity contribution in [2.45, 2.75) is 19.8 Å². The molecule has 1 aromatic heterocycles. The first-order valence-electron chi connectivity index (χ1n) is 9.83. The highest BCUT2D eigenvalue weighted by Crippen LogP contribution is 2.28. The molecular formula is C24H23N3O2. The summed E-state index contributed by atoms with van der Waals surface area (Å²) in [6, 6.07) is 22.7.